The minimum atomic E-state index is 0.798. The molecule has 0 atom stereocenters. The first-order valence-corrected chi connectivity index (χ1v) is 6.38. The van der Waals surface area contributed by atoms with Gasteiger partial charge in [-0.1, -0.05) is 18.3 Å². The summed E-state index contributed by atoms with van der Waals surface area (Å²) >= 11 is 3.28. The van der Waals surface area contributed by atoms with Crippen molar-refractivity contribution in [3.8, 4) is 9.88 Å². The van der Waals surface area contributed by atoms with Gasteiger partial charge in [0.1, 0.15) is 5.01 Å². The van der Waals surface area contributed by atoms with Crippen LogP contribution in [-0.2, 0) is 6.54 Å². The fraction of sp³-hybridized carbons (Fsp3) is 0.444. The van der Waals surface area contributed by atoms with E-state index in [0.29, 0.717) is 0 Å². The molecule has 0 saturated heterocycles. The minimum Gasteiger partial charge on any atom is -0.311 e. The number of thiazole rings is 1. The molecule has 80 valence electrons. The van der Waals surface area contributed by atoms with E-state index in [0.717, 1.165) is 33.0 Å². The van der Waals surface area contributed by atoms with Crippen molar-refractivity contribution < 1.29 is 0 Å². The Labute approximate surface area is 96.4 Å². The maximum atomic E-state index is 4.21. The van der Waals surface area contributed by atoms with Crippen molar-refractivity contribution in [2.24, 2.45) is 0 Å². The molecule has 2 aromatic heterocycles. The van der Waals surface area contributed by atoms with Gasteiger partial charge in [0.2, 0.25) is 0 Å². The summed E-state index contributed by atoms with van der Waals surface area (Å²) in [6, 6.07) is 0. The highest BCUT2D eigenvalue weighted by Crippen LogP contribution is 2.28. The van der Waals surface area contributed by atoms with Crippen LogP contribution in [-0.4, -0.2) is 21.7 Å². The summed E-state index contributed by atoms with van der Waals surface area (Å²) < 4.78 is 0. The first-order chi connectivity index (χ1) is 7.29. The summed E-state index contributed by atoms with van der Waals surface area (Å²) in [6.07, 6.45) is 1.86. The van der Waals surface area contributed by atoms with E-state index in [4.69, 9.17) is 0 Å². The number of nitrogens with one attached hydrogen (secondary N) is 1. The van der Waals surface area contributed by atoms with Gasteiger partial charge < -0.3 is 5.32 Å². The van der Waals surface area contributed by atoms with Gasteiger partial charge >= 0.3 is 0 Å². The lowest BCUT2D eigenvalue weighted by Gasteiger charge is -1.93. The highest BCUT2D eigenvalue weighted by molar-refractivity contribution is 7.21. The van der Waals surface area contributed by atoms with E-state index in [-0.39, 0.29) is 0 Å². The van der Waals surface area contributed by atoms with Crippen LogP contribution in [0.1, 0.15) is 16.9 Å². The van der Waals surface area contributed by atoms with Crippen LogP contribution in [0.5, 0.6) is 0 Å². The lowest BCUT2D eigenvalue weighted by atomic mass is 10.6. The van der Waals surface area contributed by atoms with E-state index < -0.39 is 0 Å². The minimum absolute atomic E-state index is 0.798. The van der Waals surface area contributed by atoms with Gasteiger partial charge in [0, 0.05) is 12.7 Å². The number of hydrogen-bond donors (Lipinski definition) is 1. The standard InChI is InChI=1S/C9H12N4S2/c1-3-10-5-8-12-13-9(15-8)7-4-11-6(2)14-7/h4,10H,3,5H2,1-2H3. The monoisotopic (exact) mass is 240 g/mol. The molecule has 0 aromatic carbocycles. The largest absolute Gasteiger partial charge is 0.311 e. The Morgan fingerprint density at radius 3 is 2.87 bits per heavy atom. The molecule has 0 bridgehead atoms. The average Bonchev–Trinajstić information content (AvgIpc) is 2.83. The number of aromatic nitrogens is 3. The van der Waals surface area contributed by atoms with Crippen LogP contribution in [0.4, 0.5) is 0 Å². The average molecular weight is 240 g/mol. The molecule has 0 aliphatic rings. The van der Waals surface area contributed by atoms with Gasteiger partial charge in [0.15, 0.2) is 5.01 Å². The van der Waals surface area contributed by atoms with E-state index in [1.165, 1.54) is 0 Å². The normalized spacial score (nSPS) is 10.8. The topological polar surface area (TPSA) is 50.7 Å². The van der Waals surface area contributed by atoms with Crippen molar-refractivity contribution in [1.82, 2.24) is 20.5 Å². The zero-order valence-corrected chi connectivity index (χ0v) is 10.3. The molecule has 2 rings (SSSR count). The molecule has 4 nitrogen and oxygen atoms in total. The summed E-state index contributed by atoms with van der Waals surface area (Å²) in [5.74, 6) is 0. The Morgan fingerprint density at radius 2 is 2.20 bits per heavy atom. The second-order valence-corrected chi connectivity index (χ2v) is 5.32. The predicted molar refractivity (Wildman–Crippen MR) is 63.1 cm³/mol. The van der Waals surface area contributed by atoms with E-state index in [1.54, 1.807) is 22.7 Å². The van der Waals surface area contributed by atoms with E-state index >= 15 is 0 Å². The van der Waals surface area contributed by atoms with Crippen LogP contribution < -0.4 is 5.32 Å². The first kappa shape index (κ1) is 10.7. The number of aryl methyl sites for hydroxylation is 1. The molecule has 6 heteroatoms. The summed E-state index contributed by atoms with van der Waals surface area (Å²) in [4.78, 5) is 5.31. The smallest absolute Gasteiger partial charge is 0.159 e. The fourth-order valence-corrected chi connectivity index (χ4v) is 2.74. The molecular weight excluding hydrogens is 228 g/mol. The number of nitrogens with zero attached hydrogens (tertiary/aromatic N) is 3. The van der Waals surface area contributed by atoms with Gasteiger partial charge in [-0.25, -0.2) is 4.98 Å². The molecule has 1 N–H and O–H groups in total. The lowest BCUT2D eigenvalue weighted by Crippen LogP contribution is -2.11. The SMILES string of the molecule is CCNCc1nnc(-c2cnc(C)s2)s1. The summed E-state index contributed by atoms with van der Waals surface area (Å²) in [7, 11) is 0. The Hall–Kier alpha value is -0.850. The highest BCUT2D eigenvalue weighted by Gasteiger charge is 2.08. The van der Waals surface area contributed by atoms with Crippen LogP contribution in [0, 0.1) is 6.92 Å². The predicted octanol–water partition coefficient (Wildman–Crippen LogP) is 2.08. The van der Waals surface area contributed by atoms with Gasteiger partial charge in [-0.15, -0.1) is 21.5 Å². The molecule has 0 fully saturated rings. The van der Waals surface area contributed by atoms with E-state index in [9.17, 15) is 0 Å². The van der Waals surface area contributed by atoms with Gasteiger partial charge in [-0.2, -0.15) is 0 Å². The Morgan fingerprint density at radius 1 is 1.33 bits per heavy atom. The Balaban J connectivity index is 2.13. The van der Waals surface area contributed by atoms with Crippen LogP contribution in [0.3, 0.4) is 0 Å². The first-order valence-electron chi connectivity index (χ1n) is 4.75. The van der Waals surface area contributed by atoms with Crippen molar-refractivity contribution in [1.29, 1.82) is 0 Å². The van der Waals surface area contributed by atoms with Gasteiger partial charge in [0.05, 0.1) is 9.88 Å². The second-order valence-electron chi connectivity index (χ2n) is 3.02. The second kappa shape index (κ2) is 4.78. The zero-order chi connectivity index (χ0) is 10.7. The molecule has 2 aromatic rings. The molecule has 0 unspecified atom stereocenters. The van der Waals surface area contributed by atoms with E-state index in [1.807, 2.05) is 13.1 Å². The summed E-state index contributed by atoms with van der Waals surface area (Å²) in [6.45, 7) is 5.82. The van der Waals surface area contributed by atoms with Gasteiger partial charge in [-0.05, 0) is 13.5 Å². The molecule has 0 radical (unpaired) electrons. The quantitative estimate of drug-likeness (QED) is 0.889. The van der Waals surface area contributed by atoms with Crippen LogP contribution in [0.15, 0.2) is 6.20 Å². The third-order valence-corrected chi connectivity index (χ3v) is 3.83. The van der Waals surface area contributed by atoms with Crippen molar-refractivity contribution >= 4 is 22.7 Å². The van der Waals surface area contributed by atoms with E-state index in [2.05, 4.69) is 27.4 Å². The molecular formula is C9H12N4S2. The number of rotatable bonds is 4. The molecule has 2 heterocycles. The third kappa shape index (κ3) is 2.58. The lowest BCUT2D eigenvalue weighted by molar-refractivity contribution is 0.715. The van der Waals surface area contributed by atoms with Crippen LogP contribution >= 0.6 is 22.7 Å². The molecule has 0 amide bonds. The molecule has 15 heavy (non-hydrogen) atoms. The maximum absolute atomic E-state index is 4.21. The summed E-state index contributed by atoms with van der Waals surface area (Å²) in [5.41, 5.74) is 0. The Kier molecular flexibility index (Phi) is 3.40. The van der Waals surface area contributed by atoms with Crippen LogP contribution in [0.2, 0.25) is 0 Å². The van der Waals surface area contributed by atoms with Gasteiger partial charge in [-0.3, -0.25) is 0 Å². The van der Waals surface area contributed by atoms with Crippen molar-refractivity contribution in [2.75, 3.05) is 6.54 Å². The molecule has 0 aliphatic heterocycles. The van der Waals surface area contributed by atoms with Crippen LogP contribution in [0.25, 0.3) is 9.88 Å². The third-order valence-electron chi connectivity index (χ3n) is 1.83. The van der Waals surface area contributed by atoms with Crippen molar-refractivity contribution in [3.63, 3.8) is 0 Å². The fourth-order valence-electron chi connectivity index (χ4n) is 1.12. The van der Waals surface area contributed by atoms with Crippen molar-refractivity contribution in [2.45, 2.75) is 20.4 Å². The molecule has 0 saturated carbocycles. The van der Waals surface area contributed by atoms with Crippen molar-refractivity contribution in [3.05, 3.63) is 16.2 Å². The molecule has 0 spiro atoms. The maximum Gasteiger partial charge on any atom is 0.159 e. The number of hydrogen-bond acceptors (Lipinski definition) is 6. The highest BCUT2D eigenvalue weighted by atomic mass is 32.1. The zero-order valence-electron chi connectivity index (χ0n) is 8.65. The molecule has 0 aliphatic carbocycles. The summed E-state index contributed by atoms with van der Waals surface area (Å²) in [5, 5.41) is 14.6. The van der Waals surface area contributed by atoms with Gasteiger partial charge in [0.25, 0.3) is 0 Å². The Bertz CT molecular complexity index is 435.